The molecule has 2 heteroatoms. The van der Waals surface area contributed by atoms with E-state index in [-0.39, 0.29) is 0 Å². The summed E-state index contributed by atoms with van der Waals surface area (Å²) < 4.78 is 0. The minimum absolute atomic E-state index is 0.753. The molecule has 0 aliphatic carbocycles. The molecule has 0 N–H and O–H groups in total. The molecule has 182 valence electrons. The fourth-order valence-electron chi connectivity index (χ4n) is 7.94. The normalized spacial score (nSPS) is 24.0. The van der Waals surface area contributed by atoms with Crippen LogP contribution in [0.15, 0.2) is 108 Å². The predicted octanol–water partition coefficient (Wildman–Crippen LogP) is 8.05. The van der Waals surface area contributed by atoms with Crippen molar-refractivity contribution in [2.45, 2.75) is 76.3 Å². The third-order valence-corrected chi connectivity index (χ3v) is 14.4. The molecule has 0 aromatic heterocycles. The average Bonchev–Trinajstić information content (AvgIpc) is 2.92. The van der Waals surface area contributed by atoms with Gasteiger partial charge in [0.1, 0.15) is 0 Å². The van der Waals surface area contributed by atoms with Crippen molar-refractivity contribution in [2.75, 3.05) is 0 Å². The van der Waals surface area contributed by atoms with Crippen LogP contribution in [0.5, 0.6) is 0 Å². The molecule has 3 aliphatic rings. The van der Waals surface area contributed by atoms with Crippen LogP contribution in [0, 0.1) is 0 Å². The Morgan fingerprint density at radius 2 is 1.22 bits per heavy atom. The Labute approximate surface area is 219 Å². The van der Waals surface area contributed by atoms with Gasteiger partial charge in [-0.15, -0.1) is 0 Å². The van der Waals surface area contributed by atoms with Crippen molar-refractivity contribution in [3.63, 3.8) is 0 Å². The molecule has 3 aromatic rings. The summed E-state index contributed by atoms with van der Waals surface area (Å²) in [6.45, 7) is 3.08. The predicted molar refractivity (Wildman–Crippen MR) is 160 cm³/mol. The van der Waals surface area contributed by atoms with Crippen molar-refractivity contribution in [3.8, 4) is 0 Å². The summed E-state index contributed by atoms with van der Waals surface area (Å²) in [5, 5.41) is 6.60. The van der Waals surface area contributed by atoms with Crippen LogP contribution in [0.25, 0.3) is 5.20 Å². The highest BCUT2D eigenvalue weighted by Crippen LogP contribution is 2.57. The molecule has 0 spiro atoms. The molecule has 3 aliphatic heterocycles. The fourth-order valence-corrected chi connectivity index (χ4v) is 13.4. The Morgan fingerprint density at radius 1 is 0.722 bits per heavy atom. The van der Waals surface area contributed by atoms with E-state index in [1.54, 1.807) is 26.2 Å². The van der Waals surface area contributed by atoms with Crippen LogP contribution in [0.1, 0.15) is 70.3 Å². The van der Waals surface area contributed by atoms with E-state index < -0.39 is 8.07 Å². The van der Waals surface area contributed by atoms with Crippen molar-refractivity contribution in [2.24, 2.45) is 0 Å². The molecule has 0 radical (unpaired) electrons. The molecule has 0 atom stereocenters. The van der Waals surface area contributed by atoms with E-state index in [9.17, 15) is 0 Å². The summed E-state index contributed by atoms with van der Waals surface area (Å²) in [4.78, 5) is 0. The summed E-state index contributed by atoms with van der Waals surface area (Å²) in [5.41, 5.74) is 3.26. The minimum atomic E-state index is -2.30. The molecular formula is C34H39BSi. The smallest absolute Gasteiger partial charge is 0.0847 e. The van der Waals surface area contributed by atoms with Crippen LogP contribution in [-0.2, 0) is 0 Å². The van der Waals surface area contributed by atoms with Crippen molar-refractivity contribution < 1.29 is 0 Å². The molecule has 2 bridgehead atoms. The number of hydrogen-bond acceptors (Lipinski definition) is 0. The van der Waals surface area contributed by atoms with Crippen molar-refractivity contribution >= 4 is 30.4 Å². The highest BCUT2D eigenvalue weighted by Gasteiger charge is 2.58. The highest BCUT2D eigenvalue weighted by molar-refractivity contribution is 7.25. The number of benzene rings is 3. The van der Waals surface area contributed by atoms with Crippen LogP contribution in [0.2, 0.25) is 11.6 Å². The lowest BCUT2D eigenvalue weighted by Gasteiger charge is -2.54. The van der Waals surface area contributed by atoms with Gasteiger partial charge in [-0.3, -0.25) is 0 Å². The van der Waals surface area contributed by atoms with E-state index in [0.717, 1.165) is 18.3 Å². The van der Waals surface area contributed by atoms with Crippen molar-refractivity contribution in [1.29, 1.82) is 0 Å². The van der Waals surface area contributed by atoms with E-state index in [2.05, 4.69) is 104 Å². The van der Waals surface area contributed by atoms with Gasteiger partial charge in [-0.25, -0.2) is 0 Å². The summed E-state index contributed by atoms with van der Waals surface area (Å²) >= 11 is 0. The lowest BCUT2D eigenvalue weighted by atomic mass is 9.24. The molecule has 0 saturated carbocycles. The Bertz CT molecular complexity index is 1170. The van der Waals surface area contributed by atoms with Gasteiger partial charge >= 0.3 is 0 Å². The van der Waals surface area contributed by atoms with E-state index >= 15 is 0 Å². The molecule has 2 saturated heterocycles. The molecule has 3 heterocycles. The summed E-state index contributed by atoms with van der Waals surface area (Å²) in [6.07, 6.45) is 15.1. The second-order valence-corrected chi connectivity index (χ2v) is 15.0. The summed E-state index contributed by atoms with van der Waals surface area (Å²) in [7, 11) is -2.30. The van der Waals surface area contributed by atoms with Crippen LogP contribution in [-0.4, -0.2) is 14.8 Å². The van der Waals surface area contributed by atoms with Crippen LogP contribution >= 0.6 is 0 Å². The van der Waals surface area contributed by atoms with Crippen LogP contribution < -0.4 is 10.4 Å². The van der Waals surface area contributed by atoms with E-state index in [0.29, 0.717) is 0 Å². The maximum atomic E-state index is 2.72. The van der Waals surface area contributed by atoms with E-state index in [4.69, 9.17) is 0 Å². The molecule has 0 amide bonds. The molecule has 6 rings (SSSR count). The molecule has 0 nitrogen and oxygen atoms in total. The Balaban J connectivity index is 1.67. The topological polar surface area (TPSA) is 0 Å². The van der Waals surface area contributed by atoms with Gasteiger partial charge < -0.3 is 0 Å². The fraction of sp³-hybridized carbons (Fsp3) is 0.353. The molecule has 36 heavy (non-hydrogen) atoms. The lowest BCUT2D eigenvalue weighted by molar-refractivity contribution is 0.446. The largest absolute Gasteiger partial charge is 0.182 e. The first-order valence-corrected chi connectivity index (χ1v) is 16.5. The lowest BCUT2D eigenvalue weighted by Crippen LogP contribution is -2.68. The van der Waals surface area contributed by atoms with Crippen molar-refractivity contribution in [1.82, 2.24) is 0 Å². The molecule has 0 unspecified atom stereocenters. The zero-order valence-corrected chi connectivity index (χ0v) is 22.8. The van der Waals surface area contributed by atoms with Crippen LogP contribution in [0.4, 0.5) is 0 Å². The zero-order valence-electron chi connectivity index (χ0n) is 21.8. The zero-order chi connectivity index (χ0) is 24.4. The highest BCUT2D eigenvalue weighted by atomic mass is 28.3. The third kappa shape index (κ3) is 3.89. The van der Waals surface area contributed by atoms with E-state index in [1.807, 2.05) is 0 Å². The monoisotopic (exact) mass is 486 g/mol. The van der Waals surface area contributed by atoms with Gasteiger partial charge in [0.15, 0.2) is 14.8 Å². The van der Waals surface area contributed by atoms with Crippen molar-refractivity contribution in [3.05, 3.63) is 113 Å². The van der Waals surface area contributed by atoms with Gasteiger partial charge in [0.25, 0.3) is 0 Å². The second-order valence-electron chi connectivity index (χ2n) is 11.3. The SMILES string of the molecule is CCCC/C=C1\C(B2C3CCCC2CCC3)=C(c2ccccc2)[Si]1(c1ccccc1)c1ccccc1. The van der Waals surface area contributed by atoms with E-state index in [1.165, 1.54) is 63.4 Å². The first-order chi connectivity index (χ1) is 17.9. The van der Waals surface area contributed by atoms with Gasteiger partial charge in [-0.2, -0.15) is 0 Å². The standard InChI is InChI=1S/C34H39BSi/c1-2-3-7-26-32-33(35-28-18-14-19-29(35)21-15-20-28)34(27-16-8-4-9-17-27)36(32,30-22-10-5-11-23-30)31-24-12-6-13-25-31/h4-6,8-13,16-17,22-26,28-29H,2-3,7,14-15,18-21H2,1H3/b32-26+. The first kappa shape index (κ1) is 23.8. The van der Waals surface area contributed by atoms with Gasteiger partial charge in [-0.05, 0) is 27.6 Å². The van der Waals surface area contributed by atoms with Gasteiger partial charge in [-0.1, -0.05) is 178 Å². The quantitative estimate of drug-likeness (QED) is 0.234. The Kier molecular flexibility index (Phi) is 6.89. The first-order valence-electron chi connectivity index (χ1n) is 14.5. The Morgan fingerprint density at radius 3 is 1.72 bits per heavy atom. The van der Waals surface area contributed by atoms with Gasteiger partial charge in [0.05, 0.1) is 0 Å². The number of hydrogen-bond donors (Lipinski definition) is 0. The number of unbranched alkanes of at least 4 members (excludes halogenated alkanes) is 2. The van der Waals surface area contributed by atoms with Gasteiger partial charge in [0, 0.05) is 0 Å². The Hall–Kier alpha value is -2.58. The summed E-state index contributed by atoms with van der Waals surface area (Å²) in [5.74, 6) is 1.75. The average molecular weight is 487 g/mol. The molecular weight excluding hydrogens is 447 g/mol. The second kappa shape index (κ2) is 10.4. The third-order valence-electron chi connectivity index (χ3n) is 9.37. The van der Waals surface area contributed by atoms with Crippen LogP contribution in [0.3, 0.4) is 0 Å². The number of allylic oxidation sites excluding steroid dienone is 3. The maximum Gasteiger partial charge on any atom is 0.182 e. The maximum absolute atomic E-state index is 2.72. The number of rotatable bonds is 7. The minimum Gasteiger partial charge on any atom is -0.0847 e. The number of fused-ring (bicyclic) bond motifs is 2. The molecule has 3 aromatic carbocycles. The summed E-state index contributed by atoms with van der Waals surface area (Å²) in [6, 6.07) is 34.7. The van der Waals surface area contributed by atoms with Gasteiger partial charge in [0.2, 0.25) is 0 Å². The molecule has 2 fully saturated rings.